The smallest absolute Gasteiger partial charge is 0.0586 e. The van der Waals surface area contributed by atoms with Crippen LogP contribution in [0.5, 0.6) is 0 Å². The molecule has 1 fully saturated rings. The molecule has 0 bridgehead atoms. The standard InChI is InChI=1S/C16H25NO/c1-11-7-12(2)9-14(8-11)13(3)17-15-5-6-16(10-15)18-4/h7-9,13,15-17H,5-6,10H2,1-4H3. The summed E-state index contributed by atoms with van der Waals surface area (Å²) in [6.07, 6.45) is 4.02. The quantitative estimate of drug-likeness (QED) is 0.879. The van der Waals surface area contributed by atoms with Crippen molar-refractivity contribution in [3.05, 3.63) is 34.9 Å². The zero-order valence-corrected chi connectivity index (χ0v) is 12.0. The van der Waals surface area contributed by atoms with Crippen LogP contribution in [0.2, 0.25) is 0 Å². The molecule has 0 saturated heterocycles. The van der Waals surface area contributed by atoms with Gasteiger partial charge in [-0.25, -0.2) is 0 Å². The van der Waals surface area contributed by atoms with Crippen LogP contribution >= 0.6 is 0 Å². The Morgan fingerprint density at radius 1 is 1.17 bits per heavy atom. The topological polar surface area (TPSA) is 21.3 Å². The number of ether oxygens (including phenoxy) is 1. The zero-order chi connectivity index (χ0) is 13.1. The van der Waals surface area contributed by atoms with E-state index in [1.165, 1.54) is 29.5 Å². The number of aryl methyl sites for hydroxylation is 2. The second-order valence-electron chi connectivity index (χ2n) is 5.68. The molecule has 1 aliphatic carbocycles. The molecule has 2 heteroatoms. The highest BCUT2D eigenvalue weighted by atomic mass is 16.5. The fraction of sp³-hybridized carbons (Fsp3) is 0.625. The van der Waals surface area contributed by atoms with Crippen molar-refractivity contribution in [3.63, 3.8) is 0 Å². The molecule has 2 rings (SSSR count). The van der Waals surface area contributed by atoms with Crippen LogP contribution < -0.4 is 5.32 Å². The normalized spacial score (nSPS) is 25.3. The van der Waals surface area contributed by atoms with Crippen LogP contribution in [-0.4, -0.2) is 19.3 Å². The largest absolute Gasteiger partial charge is 0.381 e. The zero-order valence-electron chi connectivity index (χ0n) is 12.0. The molecule has 0 heterocycles. The number of methoxy groups -OCH3 is 1. The van der Waals surface area contributed by atoms with Gasteiger partial charge in [-0.1, -0.05) is 29.3 Å². The first-order valence-electron chi connectivity index (χ1n) is 6.95. The highest BCUT2D eigenvalue weighted by molar-refractivity contribution is 5.30. The van der Waals surface area contributed by atoms with Crippen molar-refractivity contribution in [1.29, 1.82) is 0 Å². The van der Waals surface area contributed by atoms with E-state index in [0.717, 1.165) is 6.42 Å². The summed E-state index contributed by atoms with van der Waals surface area (Å²) in [6, 6.07) is 7.82. The Morgan fingerprint density at radius 2 is 1.83 bits per heavy atom. The minimum absolute atomic E-state index is 0.421. The first-order valence-corrected chi connectivity index (χ1v) is 6.95. The molecular weight excluding hydrogens is 222 g/mol. The fourth-order valence-corrected chi connectivity index (χ4v) is 3.02. The van der Waals surface area contributed by atoms with Gasteiger partial charge in [0.2, 0.25) is 0 Å². The van der Waals surface area contributed by atoms with E-state index in [1.807, 2.05) is 7.11 Å². The van der Waals surface area contributed by atoms with Crippen LogP contribution in [0.15, 0.2) is 18.2 Å². The lowest BCUT2D eigenvalue weighted by Crippen LogP contribution is -2.30. The van der Waals surface area contributed by atoms with Gasteiger partial charge in [0.25, 0.3) is 0 Å². The molecule has 3 atom stereocenters. The Morgan fingerprint density at radius 3 is 2.39 bits per heavy atom. The molecule has 100 valence electrons. The third-order valence-corrected chi connectivity index (χ3v) is 3.95. The molecule has 1 aliphatic rings. The molecule has 0 aromatic heterocycles. The van der Waals surface area contributed by atoms with Gasteiger partial charge in [0.05, 0.1) is 6.10 Å². The van der Waals surface area contributed by atoms with Crippen LogP contribution in [0, 0.1) is 13.8 Å². The van der Waals surface area contributed by atoms with E-state index in [-0.39, 0.29) is 0 Å². The van der Waals surface area contributed by atoms with Crippen LogP contribution in [0.25, 0.3) is 0 Å². The minimum atomic E-state index is 0.421. The Labute approximate surface area is 111 Å². The maximum Gasteiger partial charge on any atom is 0.0586 e. The van der Waals surface area contributed by atoms with Crippen molar-refractivity contribution in [2.24, 2.45) is 0 Å². The first kappa shape index (κ1) is 13.6. The fourth-order valence-electron chi connectivity index (χ4n) is 3.02. The molecule has 0 radical (unpaired) electrons. The monoisotopic (exact) mass is 247 g/mol. The first-order chi connectivity index (χ1) is 8.58. The summed E-state index contributed by atoms with van der Waals surface area (Å²) in [5, 5.41) is 3.73. The number of hydrogen-bond donors (Lipinski definition) is 1. The van der Waals surface area contributed by atoms with E-state index >= 15 is 0 Å². The van der Waals surface area contributed by atoms with Gasteiger partial charge >= 0.3 is 0 Å². The summed E-state index contributed by atoms with van der Waals surface area (Å²) in [5.41, 5.74) is 4.09. The van der Waals surface area contributed by atoms with Crippen LogP contribution in [0.3, 0.4) is 0 Å². The van der Waals surface area contributed by atoms with E-state index in [0.29, 0.717) is 18.2 Å². The van der Waals surface area contributed by atoms with Crippen molar-refractivity contribution >= 4 is 0 Å². The van der Waals surface area contributed by atoms with E-state index in [4.69, 9.17) is 4.74 Å². The lowest BCUT2D eigenvalue weighted by atomic mass is 10.0. The third kappa shape index (κ3) is 3.33. The molecule has 2 nitrogen and oxygen atoms in total. The summed E-state index contributed by atoms with van der Waals surface area (Å²) < 4.78 is 5.43. The Balaban J connectivity index is 1.97. The number of hydrogen-bond acceptors (Lipinski definition) is 2. The van der Waals surface area contributed by atoms with Gasteiger partial charge in [0.1, 0.15) is 0 Å². The van der Waals surface area contributed by atoms with E-state index in [2.05, 4.69) is 44.3 Å². The maximum absolute atomic E-state index is 5.43. The Bertz CT molecular complexity index is 382. The maximum atomic E-state index is 5.43. The van der Waals surface area contributed by atoms with Crippen molar-refractivity contribution in [2.75, 3.05) is 7.11 Å². The number of rotatable bonds is 4. The van der Waals surface area contributed by atoms with Crippen molar-refractivity contribution in [3.8, 4) is 0 Å². The summed E-state index contributed by atoms with van der Waals surface area (Å²) >= 11 is 0. The lowest BCUT2D eigenvalue weighted by molar-refractivity contribution is 0.106. The molecular formula is C16H25NO. The van der Waals surface area contributed by atoms with E-state index < -0.39 is 0 Å². The van der Waals surface area contributed by atoms with Crippen LogP contribution in [0.4, 0.5) is 0 Å². The summed E-state index contributed by atoms with van der Waals surface area (Å²) in [5.74, 6) is 0. The molecule has 1 aromatic rings. The van der Waals surface area contributed by atoms with Gasteiger partial charge in [-0.05, 0) is 45.6 Å². The highest BCUT2D eigenvalue weighted by Crippen LogP contribution is 2.25. The van der Waals surface area contributed by atoms with Gasteiger partial charge in [-0.3, -0.25) is 0 Å². The van der Waals surface area contributed by atoms with E-state index in [9.17, 15) is 0 Å². The third-order valence-electron chi connectivity index (χ3n) is 3.95. The molecule has 3 unspecified atom stereocenters. The van der Waals surface area contributed by atoms with Gasteiger partial charge < -0.3 is 10.1 Å². The summed E-state index contributed by atoms with van der Waals surface area (Å²) in [7, 11) is 1.82. The van der Waals surface area contributed by atoms with Gasteiger partial charge in [0.15, 0.2) is 0 Å². The Kier molecular flexibility index (Phi) is 4.41. The second-order valence-corrected chi connectivity index (χ2v) is 5.68. The number of benzene rings is 1. The highest BCUT2D eigenvalue weighted by Gasteiger charge is 2.25. The lowest BCUT2D eigenvalue weighted by Gasteiger charge is -2.20. The van der Waals surface area contributed by atoms with Crippen LogP contribution in [-0.2, 0) is 4.74 Å². The molecule has 0 spiro atoms. The molecule has 1 aromatic carbocycles. The average Bonchev–Trinajstić information content (AvgIpc) is 2.75. The van der Waals surface area contributed by atoms with Crippen molar-refractivity contribution in [1.82, 2.24) is 5.32 Å². The predicted molar refractivity (Wildman–Crippen MR) is 75.9 cm³/mol. The van der Waals surface area contributed by atoms with Gasteiger partial charge in [-0.2, -0.15) is 0 Å². The minimum Gasteiger partial charge on any atom is -0.381 e. The Hall–Kier alpha value is -0.860. The molecule has 1 saturated carbocycles. The summed E-state index contributed by atoms with van der Waals surface area (Å²) in [4.78, 5) is 0. The van der Waals surface area contributed by atoms with E-state index in [1.54, 1.807) is 0 Å². The average molecular weight is 247 g/mol. The predicted octanol–water partition coefficient (Wildman–Crippen LogP) is 3.52. The molecule has 18 heavy (non-hydrogen) atoms. The summed E-state index contributed by atoms with van der Waals surface area (Å²) in [6.45, 7) is 6.59. The molecule has 1 N–H and O–H groups in total. The van der Waals surface area contributed by atoms with Crippen molar-refractivity contribution < 1.29 is 4.74 Å². The molecule has 0 amide bonds. The second kappa shape index (κ2) is 5.85. The van der Waals surface area contributed by atoms with Crippen LogP contribution in [0.1, 0.15) is 48.9 Å². The SMILES string of the molecule is COC1CCC(NC(C)c2cc(C)cc(C)c2)C1. The molecule has 0 aliphatic heterocycles. The van der Waals surface area contributed by atoms with Gasteiger partial charge in [0, 0.05) is 19.2 Å². The van der Waals surface area contributed by atoms with Gasteiger partial charge in [-0.15, -0.1) is 0 Å². The van der Waals surface area contributed by atoms with Crippen molar-refractivity contribution in [2.45, 2.75) is 58.2 Å². The number of nitrogens with one attached hydrogen (secondary N) is 1.